The number of esters is 2. The zero-order chi connectivity index (χ0) is 70.4. The quantitative estimate of drug-likeness (QED) is 0.0211. The van der Waals surface area contributed by atoms with Crippen molar-refractivity contribution < 1.29 is 42.9 Å². The molecule has 546 valence electrons. The molecule has 0 spiro atoms. The number of carboxylic acids is 1. The average Bonchev–Trinajstić information content (AvgIpc) is 2.59. The fourth-order valence-electron chi connectivity index (χ4n) is 10.0. The van der Waals surface area contributed by atoms with Gasteiger partial charge in [-0.25, -0.2) is 4.79 Å². The van der Waals surface area contributed by atoms with Crippen LogP contribution in [0.1, 0.15) is 284 Å². The van der Waals surface area contributed by atoms with Crippen molar-refractivity contribution in [3.63, 3.8) is 0 Å². The molecule has 0 saturated carbocycles. The highest BCUT2D eigenvalue weighted by atomic mass is 16.7. The topological polar surface area (TPSA) is 108 Å². The number of quaternary nitrogens is 1. The zero-order valence-corrected chi connectivity index (χ0v) is 62.4. The van der Waals surface area contributed by atoms with Crippen molar-refractivity contribution in [2.24, 2.45) is 0 Å². The number of allylic oxidation sites excluding steroid dienone is 32. The van der Waals surface area contributed by atoms with Crippen molar-refractivity contribution in [3.8, 4) is 0 Å². The third kappa shape index (κ3) is 77.4. The molecule has 0 rings (SSSR count). The predicted molar refractivity (Wildman–Crippen MR) is 419 cm³/mol. The van der Waals surface area contributed by atoms with Gasteiger partial charge in [-0.15, -0.1) is 0 Å². The van der Waals surface area contributed by atoms with Crippen LogP contribution in [0.25, 0.3) is 0 Å². The highest BCUT2D eigenvalue weighted by molar-refractivity contribution is 5.71. The van der Waals surface area contributed by atoms with E-state index in [1.807, 2.05) is 21.1 Å². The molecule has 0 bridgehead atoms. The molecule has 0 aliphatic carbocycles. The monoisotopic (exact) mass is 1340 g/mol. The van der Waals surface area contributed by atoms with Gasteiger partial charge in [0, 0.05) is 12.8 Å². The Balaban J connectivity index is 4.16. The second-order valence-electron chi connectivity index (χ2n) is 26.2. The Hall–Kier alpha value is -5.87. The summed E-state index contributed by atoms with van der Waals surface area (Å²) in [5, 5.41) is 9.76. The number of carbonyl (C=O) groups is 3. The zero-order valence-electron chi connectivity index (χ0n) is 62.4. The summed E-state index contributed by atoms with van der Waals surface area (Å²) < 4.78 is 22.9. The Morgan fingerprint density at radius 1 is 0.309 bits per heavy atom. The van der Waals surface area contributed by atoms with Gasteiger partial charge in [-0.2, -0.15) is 0 Å². The second-order valence-corrected chi connectivity index (χ2v) is 26.2. The fourth-order valence-corrected chi connectivity index (χ4v) is 10.0. The van der Waals surface area contributed by atoms with Gasteiger partial charge in [0.1, 0.15) is 13.2 Å². The van der Waals surface area contributed by atoms with Gasteiger partial charge in [-0.1, -0.05) is 324 Å². The van der Waals surface area contributed by atoms with E-state index in [9.17, 15) is 19.5 Å². The molecule has 2 unspecified atom stereocenters. The van der Waals surface area contributed by atoms with Gasteiger partial charge in [0.25, 0.3) is 6.29 Å². The van der Waals surface area contributed by atoms with Gasteiger partial charge in [-0.3, -0.25) is 9.59 Å². The van der Waals surface area contributed by atoms with Gasteiger partial charge < -0.3 is 28.5 Å². The van der Waals surface area contributed by atoms with Crippen molar-refractivity contribution in [1.82, 2.24) is 0 Å². The Labute approximate surface area is 595 Å². The maximum atomic E-state index is 13.0. The molecule has 0 fully saturated rings. The van der Waals surface area contributed by atoms with E-state index in [-0.39, 0.29) is 38.6 Å². The number of carboxylic acid groups (broad SMARTS) is 1. The van der Waals surface area contributed by atoms with Crippen LogP contribution >= 0.6 is 0 Å². The van der Waals surface area contributed by atoms with E-state index in [1.54, 1.807) is 0 Å². The summed E-state index contributed by atoms with van der Waals surface area (Å²) in [5.74, 6) is -2.08. The SMILES string of the molecule is CC/C=C\C/C=C\C/C=C\C/C=C\C/C=C\C/C=C\C/C=C\C/C=C\C/C=C\C/C=C\CCCCC(=O)OC(COC(=O)CCCCCCCCCCCCCCCCCCCCCC/C=C\C/C=C\C/C=C\C/C=C\C/C=C\C/C=C\CC)COC(OCC[N+](C)(C)C)C(=O)O. The fraction of sp³-hybridized carbons (Fsp3) is 0.602. The van der Waals surface area contributed by atoms with E-state index >= 15 is 0 Å². The number of unbranched alkanes of at least 4 members (excludes halogenated alkanes) is 22. The molecule has 0 aromatic heterocycles. The van der Waals surface area contributed by atoms with Crippen LogP contribution in [-0.2, 0) is 33.3 Å². The molecule has 0 radical (unpaired) electrons. The smallest absolute Gasteiger partial charge is 0.361 e. The molecule has 0 aliphatic rings. The minimum absolute atomic E-state index is 0.170. The highest BCUT2D eigenvalue weighted by Gasteiger charge is 2.25. The van der Waals surface area contributed by atoms with Crippen LogP contribution in [0.5, 0.6) is 0 Å². The van der Waals surface area contributed by atoms with Crippen LogP contribution in [0.4, 0.5) is 0 Å². The summed E-state index contributed by atoms with van der Waals surface area (Å²) in [7, 11) is 5.96. The van der Waals surface area contributed by atoms with Crippen LogP contribution in [0.3, 0.4) is 0 Å². The number of ether oxygens (including phenoxy) is 4. The first-order valence-corrected chi connectivity index (χ1v) is 38.6. The predicted octanol–water partition coefficient (Wildman–Crippen LogP) is 24.9. The molecule has 0 aromatic rings. The molecule has 2 atom stereocenters. The molecule has 0 heterocycles. The van der Waals surface area contributed by atoms with E-state index in [4.69, 9.17) is 18.9 Å². The average molecular weight is 1340 g/mol. The first-order valence-electron chi connectivity index (χ1n) is 38.6. The van der Waals surface area contributed by atoms with Crippen molar-refractivity contribution in [1.29, 1.82) is 0 Å². The van der Waals surface area contributed by atoms with E-state index in [0.717, 1.165) is 135 Å². The number of hydrogen-bond acceptors (Lipinski definition) is 7. The molecule has 0 aromatic carbocycles. The second kappa shape index (κ2) is 75.9. The summed E-state index contributed by atoms with van der Waals surface area (Å²) in [6.45, 7) is 4.59. The van der Waals surface area contributed by atoms with Crippen molar-refractivity contribution in [3.05, 3.63) is 194 Å². The van der Waals surface area contributed by atoms with Crippen molar-refractivity contribution in [2.45, 2.75) is 296 Å². The van der Waals surface area contributed by atoms with Crippen LogP contribution < -0.4 is 0 Å². The normalized spacial score (nSPS) is 13.8. The number of carbonyl (C=O) groups excluding carboxylic acids is 2. The van der Waals surface area contributed by atoms with Gasteiger partial charge in [0.2, 0.25) is 0 Å². The molecule has 0 amide bonds. The molecule has 0 aliphatic heterocycles. The van der Waals surface area contributed by atoms with Gasteiger partial charge in [-0.05, 0) is 141 Å². The minimum atomic E-state index is -1.54. The van der Waals surface area contributed by atoms with Crippen LogP contribution in [0.15, 0.2) is 194 Å². The third-order valence-electron chi connectivity index (χ3n) is 15.8. The largest absolute Gasteiger partial charge is 0.477 e. The maximum absolute atomic E-state index is 13.0. The molecule has 9 heteroatoms. The standard InChI is InChI=1S/C88H141NO8/c1-6-8-10-12-14-16-18-20-22-24-26-28-30-32-34-36-38-40-41-42-43-44-45-47-48-50-52-54-56-58-60-62-64-66-68-70-72-74-76-78-85(90)95-82-84(83-96-88(87(92)93)94-81-80-89(3,4)5)97-86(91)79-77-75-73-71-69-67-65-63-61-59-57-55-53-51-49-46-39-37-35-33-31-29-27-25-23-21-19-17-15-13-11-9-7-2/h8-11,14-17,20-23,26-29,32-35,38-40,46,51,53,57,59,63,65,69,71,84,88H,6-7,12-13,18-19,24-25,30-31,36-37,41-45,47-50,52,54-56,58,60-62,64,66-68,70,72-83H2,1-5H3/p+1/b10-8-,11-9-,16-14-,17-15-,22-20-,23-21-,28-26-,29-27-,34-32-,35-33-,40-38-,46-39-,53-51-,59-57-,65-63-,71-69-. The number of aliphatic carboxylic acids is 1. The van der Waals surface area contributed by atoms with Gasteiger partial charge in [0.05, 0.1) is 34.4 Å². The number of rotatable bonds is 69. The number of likely N-dealkylation sites (N-methyl/N-ethyl adjacent to an activating group) is 1. The van der Waals surface area contributed by atoms with E-state index < -0.39 is 24.3 Å². The van der Waals surface area contributed by atoms with Gasteiger partial charge in [0.15, 0.2) is 6.10 Å². The maximum Gasteiger partial charge on any atom is 0.361 e. The summed E-state index contributed by atoms with van der Waals surface area (Å²) in [5.41, 5.74) is 0. The molecular formula is C88H142NO8+. The lowest BCUT2D eigenvalue weighted by molar-refractivity contribution is -0.870. The molecule has 1 N–H and O–H groups in total. The first kappa shape index (κ1) is 91.1. The van der Waals surface area contributed by atoms with Crippen molar-refractivity contribution >= 4 is 17.9 Å². The molecule has 0 saturated heterocycles. The Morgan fingerprint density at radius 2 is 0.557 bits per heavy atom. The van der Waals surface area contributed by atoms with Gasteiger partial charge >= 0.3 is 17.9 Å². The van der Waals surface area contributed by atoms with Crippen LogP contribution in [-0.4, -0.2) is 87.4 Å². The number of nitrogens with zero attached hydrogens (tertiary/aromatic N) is 1. The molecular weight excluding hydrogens is 1200 g/mol. The Kier molecular flexibility index (Phi) is 71.3. The summed E-state index contributed by atoms with van der Waals surface area (Å²) in [6, 6.07) is 0. The lowest BCUT2D eigenvalue weighted by Gasteiger charge is -2.25. The van der Waals surface area contributed by atoms with Crippen LogP contribution in [0, 0.1) is 0 Å². The highest BCUT2D eigenvalue weighted by Crippen LogP contribution is 2.17. The van der Waals surface area contributed by atoms with Crippen LogP contribution in [0.2, 0.25) is 0 Å². The summed E-state index contributed by atoms with van der Waals surface area (Å²) >= 11 is 0. The lowest BCUT2D eigenvalue weighted by atomic mass is 10.0. The van der Waals surface area contributed by atoms with Crippen molar-refractivity contribution in [2.75, 3.05) is 47.5 Å². The lowest BCUT2D eigenvalue weighted by Crippen LogP contribution is -2.40. The van der Waals surface area contributed by atoms with E-state index in [2.05, 4.69) is 208 Å². The minimum Gasteiger partial charge on any atom is -0.477 e. The Bertz CT molecular complexity index is 2310. The van der Waals surface area contributed by atoms with E-state index in [0.29, 0.717) is 17.4 Å². The Morgan fingerprint density at radius 3 is 0.845 bits per heavy atom. The molecule has 9 nitrogen and oxygen atoms in total. The molecule has 97 heavy (non-hydrogen) atoms. The first-order chi connectivity index (χ1) is 47.6. The van der Waals surface area contributed by atoms with E-state index in [1.165, 1.54) is 116 Å². The summed E-state index contributed by atoms with van der Waals surface area (Å²) in [6.07, 6.45) is 114. The number of hydrogen-bond donors (Lipinski definition) is 1. The summed E-state index contributed by atoms with van der Waals surface area (Å²) in [4.78, 5) is 37.7. The third-order valence-corrected chi connectivity index (χ3v) is 15.8.